The van der Waals surface area contributed by atoms with Crippen LogP contribution in [-0.4, -0.2) is 8.75 Å². The van der Waals surface area contributed by atoms with Gasteiger partial charge >= 0.3 is 0 Å². The van der Waals surface area contributed by atoms with Crippen molar-refractivity contribution in [2.45, 2.75) is 0 Å². The van der Waals surface area contributed by atoms with Crippen molar-refractivity contribution in [2.24, 2.45) is 0 Å². The van der Waals surface area contributed by atoms with Crippen LogP contribution in [0.4, 0.5) is 0 Å². The Bertz CT molecular complexity index is 430. The van der Waals surface area contributed by atoms with E-state index in [1.807, 2.05) is 24.3 Å². The first-order valence-electron chi connectivity index (χ1n) is 3.51. The van der Waals surface area contributed by atoms with Crippen LogP contribution < -0.4 is 0 Å². The third kappa shape index (κ3) is 1.90. The van der Waals surface area contributed by atoms with Gasteiger partial charge in [-0.15, -0.1) is 0 Å². The molecule has 0 radical (unpaired) electrons. The fraction of sp³-hybridized carbons (Fsp3) is 0. The van der Waals surface area contributed by atoms with Gasteiger partial charge in [-0.1, -0.05) is 39.7 Å². The molecule has 1 heterocycles. The maximum Gasteiger partial charge on any atom is 0.170 e. The van der Waals surface area contributed by atoms with E-state index in [4.69, 9.17) is 11.6 Å². The number of hydrogen-bond acceptors (Lipinski definition) is 3. The van der Waals surface area contributed by atoms with Gasteiger partial charge in [-0.25, -0.2) is 0 Å². The number of hydrogen-bond donors (Lipinski definition) is 0. The number of benzene rings is 1. The van der Waals surface area contributed by atoms with E-state index in [9.17, 15) is 0 Å². The Morgan fingerprint density at radius 1 is 1.31 bits per heavy atom. The van der Waals surface area contributed by atoms with Crippen LogP contribution in [-0.2, 0) is 0 Å². The quantitative estimate of drug-likeness (QED) is 0.794. The van der Waals surface area contributed by atoms with Crippen molar-refractivity contribution in [2.75, 3.05) is 0 Å². The van der Waals surface area contributed by atoms with Gasteiger partial charge in [-0.2, -0.15) is 8.75 Å². The summed E-state index contributed by atoms with van der Waals surface area (Å²) in [5.41, 5.74) is 1.72. The molecule has 0 bridgehead atoms. The molecule has 0 aliphatic heterocycles. The van der Waals surface area contributed by atoms with Gasteiger partial charge < -0.3 is 0 Å². The second kappa shape index (κ2) is 3.74. The lowest BCUT2D eigenvalue weighted by atomic mass is 10.2. The number of aromatic nitrogens is 2. The van der Waals surface area contributed by atoms with Crippen LogP contribution in [0.15, 0.2) is 28.7 Å². The van der Waals surface area contributed by atoms with E-state index in [1.54, 1.807) is 0 Å². The summed E-state index contributed by atoms with van der Waals surface area (Å²) in [5, 5.41) is 0.461. The van der Waals surface area contributed by atoms with Crippen molar-refractivity contribution in [3.05, 3.63) is 33.9 Å². The highest BCUT2D eigenvalue weighted by Gasteiger charge is 2.07. The minimum atomic E-state index is 0.461. The Hall–Kier alpha value is -0.450. The lowest BCUT2D eigenvalue weighted by molar-refractivity contribution is 1.48. The molecule has 0 aliphatic rings. The molecule has 2 rings (SSSR count). The third-order valence-electron chi connectivity index (χ3n) is 1.55. The van der Waals surface area contributed by atoms with Crippen LogP contribution in [0.25, 0.3) is 11.3 Å². The summed E-state index contributed by atoms with van der Waals surface area (Å²) < 4.78 is 9.02. The van der Waals surface area contributed by atoms with Gasteiger partial charge in [0.1, 0.15) is 5.69 Å². The van der Waals surface area contributed by atoms with Gasteiger partial charge in [0, 0.05) is 10.0 Å². The van der Waals surface area contributed by atoms with Crippen LogP contribution in [0.5, 0.6) is 0 Å². The normalized spacial score (nSPS) is 10.3. The Kier molecular flexibility index (Phi) is 2.62. The molecule has 0 saturated carbocycles. The van der Waals surface area contributed by atoms with E-state index in [0.717, 1.165) is 27.5 Å². The molecular formula is C8H4BrClN2S. The van der Waals surface area contributed by atoms with Crippen molar-refractivity contribution >= 4 is 39.3 Å². The zero-order chi connectivity index (χ0) is 9.26. The maximum atomic E-state index is 5.85. The highest BCUT2D eigenvalue weighted by molar-refractivity contribution is 9.10. The van der Waals surface area contributed by atoms with Gasteiger partial charge in [0.25, 0.3) is 0 Å². The van der Waals surface area contributed by atoms with Crippen LogP contribution in [0.1, 0.15) is 0 Å². The molecule has 2 nitrogen and oxygen atoms in total. The van der Waals surface area contributed by atoms with E-state index in [-0.39, 0.29) is 0 Å². The Labute approximate surface area is 93.0 Å². The minimum Gasteiger partial charge on any atom is -0.171 e. The first-order chi connectivity index (χ1) is 6.27. The molecule has 0 spiro atoms. The molecular weight excluding hydrogens is 272 g/mol. The van der Waals surface area contributed by atoms with Gasteiger partial charge in [-0.3, -0.25) is 0 Å². The van der Waals surface area contributed by atoms with Crippen molar-refractivity contribution in [1.29, 1.82) is 0 Å². The smallest absolute Gasteiger partial charge is 0.170 e. The van der Waals surface area contributed by atoms with Gasteiger partial charge in [0.15, 0.2) is 5.15 Å². The third-order valence-corrected chi connectivity index (χ3v) is 2.93. The van der Waals surface area contributed by atoms with Crippen molar-refractivity contribution in [3.8, 4) is 11.3 Å². The fourth-order valence-electron chi connectivity index (χ4n) is 0.986. The molecule has 1 aromatic carbocycles. The van der Waals surface area contributed by atoms with Crippen LogP contribution in [0.3, 0.4) is 0 Å². The highest BCUT2D eigenvalue weighted by Crippen LogP contribution is 2.27. The number of rotatable bonds is 1. The SMILES string of the molecule is Clc1nsnc1-c1cccc(Br)c1. The first-order valence-corrected chi connectivity index (χ1v) is 5.41. The molecule has 0 atom stereocenters. The minimum absolute atomic E-state index is 0.461. The number of nitrogens with zero attached hydrogens (tertiary/aromatic N) is 2. The second-order valence-electron chi connectivity index (χ2n) is 2.41. The fourth-order valence-corrected chi connectivity index (χ4v) is 2.15. The summed E-state index contributed by atoms with van der Waals surface area (Å²) in [5.74, 6) is 0. The van der Waals surface area contributed by atoms with E-state index < -0.39 is 0 Å². The lowest BCUT2D eigenvalue weighted by Crippen LogP contribution is -1.77. The zero-order valence-electron chi connectivity index (χ0n) is 6.37. The molecule has 13 heavy (non-hydrogen) atoms. The summed E-state index contributed by atoms with van der Waals surface area (Å²) >= 11 is 10.4. The lowest BCUT2D eigenvalue weighted by Gasteiger charge is -1.96. The Morgan fingerprint density at radius 3 is 2.77 bits per heavy atom. The first kappa shape index (κ1) is 9.12. The Morgan fingerprint density at radius 2 is 2.15 bits per heavy atom. The molecule has 5 heteroatoms. The van der Waals surface area contributed by atoms with Gasteiger partial charge in [0.2, 0.25) is 0 Å². The molecule has 66 valence electrons. The topological polar surface area (TPSA) is 25.8 Å². The molecule has 0 fully saturated rings. The second-order valence-corrected chi connectivity index (χ2v) is 4.22. The molecule has 1 aromatic heterocycles. The van der Waals surface area contributed by atoms with Crippen molar-refractivity contribution < 1.29 is 0 Å². The summed E-state index contributed by atoms with van der Waals surface area (Å²) in [4.78, 5) is 0. The monoisotopic (exact) mass is 274 g/mol. The van der Waals surface area contributed by atoms with Crippen LogP contribution >= 0.6 is 39.3 Å². The summed E-state index contributed by atoms with van der Waals surface area (Å²) in [6.07, 6.45) is 0. The predicted octanol–water partition coefficient (Wildman–Crippen LogP) is 3.62. The van der Waals surface area contributed by atoms with E-state index in [0.29, 0.717) is 5.15 Å². The standard InChI is InChI=1S/C8H4BrClN2S/c9-6-3-1-2-5(4-6)7-8(10)12-13-11-7/h1-4H. The molecule has 0 aliphatic carbocycles. The largest absolute Gasteiger partial charge is 0.171 e. The molecule has 0 N–H and O–H groups in total. The average Bonchev–Trinajstić information content (AvgIpc) is 2.51. The molecule has 0 unspecified atom stereocenters. The average molecular weight is 276 g/mol. The van der Waals surface area contributed by atoms with Gasteiger partial charge in [-0.05, 0) is 12.1 Å². The number of halogens is 2. The molecule has 2 aromatic rings. The highest BCUT2D eigenvalue weighted by atomic mass is 79.9. The summed E-state index contributed by atoms with van der Waals surface area (Å²) in [7, 11) is 0. The summed E-state index contributed by atoms with van der Waals surface area (Å²) in [6, 6.07) is 7.81. The molecule has 0 saturated heterocycles. The summed E-state index contributed by atoms with van der Waals surface area (Å²) in [6.45, 7) is 0. The van der Waals surface area contributed by atoms with Crippen LogP contribution in [0.2, 0.25) is 5.15 Å². The zero-order valence-corrected chi connectivity index (χ0v) is 9.53. The maximum absolute atomic E-state index is 5.85. The Balaban J connectivity index is 2.53. The van der Waals surface area contributed by atoms with Crippen molar-refractivity contribution in [1.82, 2.24) is 8.75 Å². The predicted molar refractivity (Wildman–Crippen MR) is 58.1 cm³/mol. The van der Waals surface area contributed by atoms with Crippen molar-refractivity contribution in [3.63, 3.8) is 0 Å². The molecule has 0 amide bonds. The van der Waals surface area contributed by atoms with Crippen LogP contribution in [0, 0.1) is 0 Å². The van der Waals surface area contributed by atoms with E-state index in [1.165, 1.54) is 0 Å². The van der Waals surface area contributed by atoms with E-state index in [2.05, 4.69) is 24.7 Å². The van der Waals surface area contributed by atoms with E-state index >= 15 is 0 Å². The van der Waals surface area contributed by atoms with Gasteiger partial charge in [0.05, 0.1) is 11.7 Å².